The Hall–Kier alpha value is -1.76. The second kappa shape index (κ2) is 6.03. The predicted octanol–water partition coefficient (Wildman–Crippen LogP) is 2.52. The molecule has 6 heteroatoms. The molecule has 1 heterocycles. The van der Waals surface area contributed by atoms with E-state index in [0.717, 1.165) is 18.7 Å². The van der Waals surface area contributed by atoms with E-state index in [2.05, 4.69) is 10.0 Å². The van der Waals surface area contributed by atoms with Crippen molar-refractivity contribution in [1.82, 2.24) is 10.0 Å². The van der Waals surface area contributed by atoms with E-state index in [1.807, 2.05) is 18.2 Å². The number of hydrogen-bond acceptors (Lipinski definition) is 3. The van der Waals surface area contributed by atoms with E-state index >= 15 is 0 Å². The van der Waals surface area contributed by atoms with Crippen LogP contribution >= 0.6 is 0 Å². The van der Waals surface area contributed by atoms with E-state index < -0.39 is 10.0 Å². The molecule has 2 aromatic carbocycles. The van der Waals surface area contributed by atoms with Crippen LogP contribution < -0.4 is 10.0 Å². The van der Waals surface area contributed by atoms with Gasteiger partial charge in [-0.2, -0.15) is 0 Å². The Kier molecular flexibility index (Phi) is 4.23. The Labute approximate surface area is 135 Å². The number of benzene rings is 2. The van der Waals surface area contributed by atoms with Crippen molar-refractivity contribution >= 4 is 10.0 Å². The minimum Gasteiger partial charge on any atom is -0.309 e. The van der Waals surface area contributed by atoms with Gasteiger partial charge in [-0.3, -0.25) is 0 Å². The number of sulfonamides is 1. The van der Waals surface area contributed by atoms with E-state index in [-0.39, 0.29) is 17.3 Å². The molecule has 0 spiro atoms. The molecule has 4 nitrogen and oxygen atoms in total. The number of hydrogen-bond donors (Lipinski definition) is 2. The summed E-state index contributed by atoms with van der Waals surface area (Å²) in [4.78, 5) is 0.0942. The minimum atomic E-state index is -3.67. The SMILES string of the molecule is Cc1cc(S(=O)(=O)NCc2ccc3c(c2)CNC3)cc(C)c1F. The van der Waals surface area contributed by atoms with Crippen LogP contribution in [0.1, 0.15) is 27.8 Å². The number of fused-ring (bicyclic) bond motifs is 1. The van der Waals surface area contributed by atoms with Gasteiger partial charge in [0.15, 0.2) is 0 Å². The van der Waals surface area contributed by atoms with Crippen LogP contribution in [0.4, 0.5) is 4.39 Å². The molecule has 0 saturated carbocycles. The highest BCUT2D eigenvalue weighted by Gasteiger charge is 2.17. The second-order valence-corrected chi connectivity index (χ2v) is 7.67. The molecular weight excluding hydrogens is 315 g/mol. The standard InChI is InChI=1S/C17H19FN2O2S/c1-11-5-16(6-12(2)17(11)18)23(21,22)20-8-13-3-4-14-9-19-10-15(14)7-13/h3-7,19-20H,8-10H2,1-2H3. The van der Waals surface area contributed by atoms with Gasteiger partial charge < -0.3 is 5.32 Å². The number of rotatable bonds is 4. The van der Waals surface area contributed by atoms with Gasteiger partial charge in [0, 0.05) is 19.6 Å². The summed E-state index contributed by atoms with van der Waals surface area (Å²) in [6.07, 6.45) is 0. The first kappa shape index (κ1) is 16.1. The van der Waals surface area contributed by atoms with Crippen molar-refractivity contribution in [3.63, 3.8) is 0 Å². The zero-order valence-electron chi connectivity index (χ0n) is 13.1. The van der Waals surface area contributed by atoms with Crippen LogP contribution in [0.15, 0.2) is 35.2 Å². The quantitative estimate of drug-likeness (QED) is 0.903. The van der Waals surface area contributed by atoms with Gasteiger partial charge >= 0.3 is 0 Å². The predicted molar refractivity (Wildman–Crippen MR) is 86.9 cm³/mol. The van der Waals surface area contributed by atoms with Crippen molar-refractivity contribution in [3.05, 3.63) is 64.0 Å². The van der Waals surface area contributed by atoms with Crippen LogP contribution in [-0.4, -0.2) is 8.42 Å². The maximum atomic E-state index is 13.7. The lowest BCUT2D eigenvalue weighted by Crippen LogP contribution is -2.23. The van der Waals surface area contributed by atoms with Crippen LogP contribution in [0, 0.1) is 19.7 Å². The lowest BCUT2D eigenvalue weighted by atomic mass is 10.1. The van der Waals surface area contributed by atoms with Crippen molar-refractivity contribution in [2.24, 2.45) is 0 Å². The molecule has 0 aromatic heterocycles. The highest BCUT2D eigenvalue weighted by atomic mass is 32.2. The van der Waals surface area contributed by atoms with Crippen LogP contribution in [0.25, 0.3) is 0 Å². The van der Waals surface area contributed by atoms with Gasteiger partial charge in [-0.15, -0.1) is 0 Å². The largest absolute Gasteiger partial charge is 0.309 e. The Morgan fingerprint density at radius 3 is 2.43 bits per heavy atom. The molecule has 122 valence electrons. The zero-order chi connectivity index (χ0) is 16.6. The molecule has 0 bridgehead atoms. The van der Waals surface area contributed by atoms with Gasteiger partial charge in [0.05, 0.1) is 4.90 Å². The molecule has 0 aliphatic carbocycles. The van der Waals surface area contributed by atoms with Crippen LogP contribution in [0.3, 0.4) is 0 Å². The Bertz CT molecular complexity index is 840. The van der Waals surface area contributed by atoms with E-state index in [0.29, 0.717) is 11.1 Å². The molecule has 2 N–H and O–H groups in total. The third kappa shape index (κ3) is 3.29. The van der Waals surface area contributed by atoms with Gasteiger partial charge in [-0.25, -0.2) is 17.5 Å². The summed E-state index contributed by atoms with van der Waals surface area (Å²) in [5, 5.41) is 3.26. The van der Waals surface area contributed by atoms with Crippen molar-refractivity contribution in [2.75, 3.05) is 0 Å². The molecule has 0 amide bonds. The van der Waals surface area contributed by atoms with E-state index in [9.17, 15) is 12.8 Å². The van der Waals surface area contributed by atoms with Crippen LogP contribution in [0.2, 0.25) is 0 Å². The summed E-state index contributed by atoms with van der Waals surface area (Å²) < 4.78 is 41.1. The first-order valence-electron chi connectivity index (χ1n) is 7.44. The smallest absolute Gasteiger partial charge is 0.240 e. The highest BCUT2D eigenvalue weighted by molar-refractivity contribution is 7.89. The van der Waals surface area contributed by atoms with Crippen molar-refractivity contribution in [3.8, 4) is 0 Å². The molecular formula is C17H19FN2O2S. The van der Waals surface area contributed by atoms with Crippen molar-refractivity contribution in [2.45, 2.75) is 38.4 Å². The summed E-state index contributed by atoms with van der Waals surface area (Å²) in [5.74, 6) is -0.366. The summed E-state index contributed by atoms with van der Waals surface area (Å²) in [7, 11) is -3.67. The van der Waals surface area contributed by atoms with Gasteiger partial charge in [-0.05, 0) is 53.8 Å². The average molecular weight is 334 g/mol. The van der Waals surface area contributed by atoms with Gasteiger partial charge in [0.2, 0.25) is 10.0 Å². The lowest BCUT2D eigenvalue weighted by Gasteiger charge is -2.10. The molecule has 2 aromatic rings. The van der Waals surface area contributed by atoms with Crippen LogP contribution in [-0.2, 0) is 29.7 Å². The zero-order valence-corrected chi connectivity index (χ0v) is 13.9. The fourth-order valence-electron chi connectivity index (χ4n) is 2.78. The number of halogens is 1. The molecule has 0 unspecified atom stereocenters. The highest BCUT2D eigenvalue weighted by Crippen LogP contribution is 2.20. The summed E-state index contributed by atoms with van der Waals surface area (Å²) >= 11 is 0. The van der Waals surface area contributed by atoms with Crippen LogP contribution in [0.5, 0.6) is 0 Å². The van der Waals surface area contributed by atoms with Gasteiger partial charge in [-0.1, -0.05) is 18.2 Å². The topological polar surface area (TPSA) is 58.2 Å². The molecule has 1 aliphatic rings. The number of aryl methyl sites for hydroxylation is 2. The fraction of sp³-hybridized carbons (Fsp3) is 0.294. The summed E-state index contributed by atoms with van der Waals surface area (Å²) in [6, 6.07) is 8.67. The monoisotopic (exact) mass is 334 g/mol. The summed E-state index contributed by atoms with van der Waals surface area (Å²) in [5.41, 5.74) is 4.02. The van der Waals surface area contributed by atoms with E-state index in [1.54, 1.807) is 13.8 Å². The van der Waals surface area contributed by atoms with Gasteiger partial charge in [0.1, 0.15) is 5.82 Å². The van der Waals surface area contributed by atoms with E-state index in [1.165, 1.54) is 23.3 Å². The molecule has 0 saturated heterocycles. The Balaban J connectivity index is 1.79. The molecule has 1 aliphatic heterocycles. The molecule has 3 rings (SSSR count). The van der Waals surface area contributed by atoms with Gasteiger partial charge in [0.25, 0.3) is 0 Å². The Morgan fingerprint density at radius 2 is 1.74 bits per heavy atom. The molecule has 0 atom stereocenters. The molecule has 0 radical (unpaired) electrons. The first-order valence-corrected chi connectivity index (χ1v) is 8.93. The average Bonchev–Trinajstić information content (AvgIpc) is 2.97. The fourth-order valence-corrected chi connectivity index (χ4v) is 3.97. The maximum Gasteiger partial charge on any atom is 0.240 e. The van der Waals surface area contributed by atoms with E-state index in [4.69, 9.17) is 0 Å². The second-order valence-electron chi connectivity index (χ2n) is 5.90. The maximum absolute atomic E-state index is 13.7. The number of nitrogens with one attached hydrogen (secondary N) is 2. The lowest BCUT2D eigenvalue weighted by molar-refractivity contribution is 0.578. The minimum absolute atomic E-state index is 0.0942. The molecule has 0 fully saturated rings. The molecule has 23 heavy (non-hydrogen) atoms. The van der Waals surface area contributed by atoms with Crippen molar-refractivity contribution < 1.29 is 12.8 Å². The summed E-state index contributed by atoms with van der Waals surface area (Å²) in [6.45, 7) is 5.01. The Morgan fingerprint density at radius 1 is 1.09 bits per heavy atom. The third-order valence-electron chi connectivity index (χ3n) is 4.09. The normalized spacial score (nSPS) is 14.0. The third-order valence-corrected chi connectivity index (χ3v) is 5.47. The first-order chi connectivity index (χ1) is 10.9. The van der Waals surface area contributed by atoms with Crippen molar-refractivity contribution in [1.29, 1.82) is 0 Å².